The van der Waals surface area contributed by atoms with Crippen LogP contribution in [0.1, 0.15) is 75.7 Å². The second kappa shape index (κ2) is 11.6. The molecule has 8 heteroatoms. The van der Waals surface area contributed by atoms with Crippen molar-refractivity contribution in [1.29, 1.82) is 0 Å². The monoisotopic (exact) mass is 565 g/mol. The fourth-order valence-electron chi connectivity index (χ4n) is 5.23. The summed E-state index contributed by atoms with van der Waals surface area (Å²) in [5.74, 6) is -1.37. The molecule has 0 atom stereocenters. The summed E-state index contributed by atoms with van der Waals surface area (Å²) in [6.07, 6.45) is 0.724. The third kappa shape index (κ3) is 5.84. The van der Waals surface area contributed by atoms with E-state index in [2.05, 4.69) is 11.2 Å². The molecule has 0 bridgehead atoms. The Labute approximate surface area is 245 Å². The number of para-hydroxylation sites is 1. The van der Waals surface area contributed by atoms with Crippen molar-refractivity contribution in [3.05, 3.63) is 106 Å². The molecule has 0 spiro atoms. The first-order chi connectivity index (χ1) is 20.1. The van der Waals surface area contributed by atoms with E-state index >= 15 is 0 Å². The van der Waals surface area contributed by atoms with Gasteiger partial charge in [0.25, 0.3) is 5.91 Å². The summed E-state index contributed by atoms with van der Waals surface area (Å²) in [5, 5.41) is 4.65. The molecule has 0 saturated heterocycles. The fraction of sp³-hybridized carbons (Fsp3) is 0.294. The molecular formula is C34H35N3O5. The molecule has 0 saturated carbocycles. The first-order valence-electron chi connectivity index (χ1n) is 14.1. The van der Waals surface area contributed by atoms with Crippen molar-refractivity contribution >= 4 is 17.8 Å². The van der Waals surface area contributed by atoms with Crippen LogP contribution in [0.25, 0.3) is 16.8 Å². The lowest BCUT2D eigenvalue weighted by Gasteiger charge is -2.30. The molecule has 0 unspecified atom stereocenters. The number of amides is 1. The summed E-state index contributed by atoms with van der Waals surface area (Å²) in [7, 11) is 0. The average molecular weight is 566 g/mol. The highest BCUT2D eigenvalue weighted by atomic mass is 16.6. The van der Waals surface area contributed by atoms with Crippen molar-refractivity contribution < 1.29 is 23.9 Å². The maximum absolute atomic E-state index is 14.3. The van der Waals surface area contributed by atoms with Gasteiger partial charge in [-0.15, -0.1) is 0 Å². The SMILES string of the molecule is CCOC(=O)c1nn(-c2ccccc2)c(C)c1-c1ccc(C(=O)OC(C)(C)C)cc1C(=O)N1CCc2ccccc2C1. The molecule has 0 aliphatic carbocycles. The number of carbonyl (C=O) groups is 3. The van der Waals surface area contributed by atoms with Gasteiger partial charge in [0.2, 0.25) is 0 Å². The normalized spacial score (nSPS) is 12.9. The van der Waals surface area contributed by atoms with Crippen LogP contribution in [0.15, 0.2) is 72.8 Å². The van der Waals surface area contributed by atoms with E-state index in [1.807, 2.05) is 55.5 Å². The van der Waals surface area contributed by atoms with E-state index in [-0.39, 0.29) is 23.8 Å². The Kier molecular flexibility index (Phi) is 7.98. The zero-order valence-electron chi connectivity index (χ0n) is 24.6. The summed E-state index contributed by atoms with van der Waals surface area (Å²) < 4.78 is 12.7. The van der Waals surface area contributed by atoms with Crippen LogP contribution in [0.2, 0.25) is 0 Å². The van der Waals surface area contributed by atoms with Crippen LogP contribution in [-0.4, -0.2) is 51.3 Å². The van der Waals surface area contributed by atoms with Crippen LogP contribution in [0, 0.1) is 6.92 Å². The molecule has 0 radical (unpaired) electrons. The van der Waals surface area contributed by atoms with Gasteiger partial charge in [-0.25, -0.2) is 14.3 Å². The number of nitrogens with zero attached hydrogens (tertiary/aromatic N) is 3. The first-order valence-corrected chi connectivity index (χ1v) is 14.1. The molecule has 42 heavy (non-hydrogen) atoms. The summed E-state index contributed by atoms with van der Waals surface area (Å²) in [6, 6.07) is 22.4. The molecule has 1 aliphatic heterocycles. The molecule has 8 nitrogen and oxygen atoms in total. The fourth-order valence-corrected chi connectivity index (χ4v) is 5.23. The van der Waals surface area contributed by atoms with Crippen molar-refractivity contribution in [3.8, 4) is 16.8 Å². The smallest absolute Gasteiger partial charge is 0.359 e. The summed E-state index contributed by atoms with van der Waals surface area (Å²) in [6.45, 7) is 10.1. The van der Waals surface area contributed by atoms with Crippen LogP contribution < -0.4 is 0 Å². The van der Waals surface area contributed by atoms with E-state index < -0.39 is 17.5 Å². The quantitative estimate of drug-likeness (QED) is 0.260. The third-order valence-electron chi connectivity index (χ3n) is 7.16. The number of fused-ring (bicyclic) bond motifs is 1. The molecule has 3 aromatic carbocycles. The molecule has 0 N–H and O–H groups in total. The van der Waals surface area contributed by atoms with Gasteiger partial charge in [-0.1, -0.05) is 48.5 Å². The van der Waals surface area contributed by atoms with E-state index in [1.165, 1.54) is 5.56 Å². The van der Waals surface area contributed by atoms with Gasteiger partial charge in [-0.3, -0.25) is 4.79 Å². The number of esters is 2. The summed E-state index contributed by atoms with van der Waals surface area (Å²) in [4.78, 5) is 42.4. The van der Waals surface area contributed by atoms with Gasteiger partial charge in [-0.2, -0.15) is 5.10 Å². The molecule has 2 heterocycles. The Bertz CT molecular complexity index is 1650. The number of hydrogen-bond donors (Lipinski definition) is 0. The Morgan fingerprint density at radius 3 is 2.29 bits per heavy atom. The number of rotatable bonds is 6. The number of hydrogen-bond acceptors (Lipinski definition) is 6. The van der Waals surface area contributed by atoms with E-state index in [1.54, 1.807) is 55.5 Å². The van der Waals surface area contributed by atoms with Gasteiger partial charge in [0.1, 0.15) is 5.60 Å². The van der Waals surface area contributed by atoms with Crippen LogP contribution in [0.3, 0.4) is 0 Å². The largest absolute Gasteiger partial charge is 0.461 e. The van der Waals surface area contributed by atoms with Gasteiger partial charge in [0.15, 0.2) is 5.69 Å². The molecule has 216 valence electrons. The molecule has 1 amide bonds. The highest BCUT2D eigenvalue weighted by molar-refractivity contribution is 6.06. The lowest BCUT2D eigenvalue weighted by molar-refractivity contribution is 0.00692. The standard InChI is InChI=1S/C34H35N3O5/c1-6-41-33(40)30-29(22(2)37(35-30)26-14-8-7-9-15-26)27-17-16-24(32(39)42-34(3,4)5)20-28(27)31(38)36-19-18-23-12-10-11-13-25(23)21-36/h7-17,20H,6,18-19,21H2,1-5H3. The highest BCUT2D eigenvalue weighted by Crippen LogP contribution is 2.35. The predicted octanol–water partition coefficient (Wildman–Crippen LogP) is 6.18. The molecule has 1 aromatic heterocycles. The van der Waals surface area contributed by atoms with Gasteiger partial charge in [0, 0.05) is 29.9 Å². The van der Waals surface area contributed by atoms with Gasteiger partial charge in [0.05, 0.1) is 17.9 Å². The van der Waals surface area contributed by atoms with Gasteiger partial charge >= 0.3 is 11.9 Å². The summed E-state index contributed by atoms with van der Waals surface area (Å²) in [5.41, 5.74) is 4.63. The maximum Gasteiger partial charge on any atom is 0.359 e. The van der Waals surface area contributed by atoms with Gasteiger partial charge < -0.3 is 14.4 Å². The van der Waals surface area contributed by atoms with Crippen LogP contribution in [0.4, 0.5) is 0 Å². The Balaban J connectivity index is 1.68. The second-order valence-corrected chi connectivity index (χ2v) is 11.3. The Morgan fingerprint density at radius 1 is 0.905 bits per heavy atom. The van der Waals surface area contributed by atoms with Crippen molar-refractivity contribution in [2.24, 2.45) is 0 Å². The Morgan fingerprint density at radius 2 is 1.60 bits per heavy atom. The molecule has 4 aromatic rings. The number of aromatic nitrogens is 2. The lowest BCUT2D eigenvalue weighted by atomic mass is 9.93. The predicted molar refractivity (Wildman–Crippen MR) is 160 cm³/mol. The number of ether oxygens (including phenoxy) is 2. The van der Waals surface area contributed by atoms with Crippen molar-refractivity contribution in [3.63, 3.8) is 0 Å². The topological polar surface area (TPSA) is 90.7 Å². The van der Waals surface area contributed by atoms with E-state index in [0.29, 0.717) is 35.5 Å². The second-order valence-electron chi connectivity index (χ2n) is 11.3. The molecule has 0 fully saturated rings. The van der Waals surface area contributed by atoms with Crippen LogP contribution >= 0.6 is 0 Å². The van der Waals surface area contributed by atoms with Crippen LogP contribution in [-0.2, 0) is 22.4 Å². The third-order valence-corrected chi connectivity index (χ3v) is 7.16. The Hall–Kier alpha value is -4.72. The summed E-state index contributed by atoms with van der Waals surface area (Å²) >= 11 is 0. The minimum Gasteiger partial charge on any atom is -0.461 e. The minimum absolute atomic E-state index is 0.0984. The molecular weight excluding hydrogens is 530 g/mol. The van der Waals surface area contributed by atoms with E-state index in [9.17, 15) is 14.4 Å². The minimum atomic E-state index is -0.707. The molecule has 1 aliphatic rings. The number of benzene rings is 3. The van der Waals surface area contributed by atoms with Crippen molar-refractivity contribution in [2.75, 3.05) is 13.2 Å². The average Bonchev–Trinajstić information content (AvgIpc) is 3.32. The van der Waals surface area contributed by atoms with E-state index in [4.69, 9.17) is 9.47 Å². The van der Waals surface area contributed by atoms with E-state index in [0.717, 1.165) is 17.7 Å². The highest BCUT2D eigenvalue weighted by Gasteiger charge is 2.31. The number of carbonyl (C=O) groups excluding carboxylic acids is 3. The zero-order chi connectivity index (χ0) is 30.0. The first kappa shape index (κ1) is 28.8. The van der Waals surface area contributed by atoms with Crippen LogP contribution in [0.5, 0.6) is 0 Å². The van der Waals surface area contributed by atoms with Gasteiger partial charge in [-0.05, 0) is 82.0 Å². The maximum atomic E-state index is 14.3. The van der Waals surface area contributed by atoms with Crippen molar-refractivity contribution in [2.45, 2.75) is 53.2 Å². The lowest BCUT2D eigenvalue weighted by Crippen LogP contribution is -2.36. The molecule has 5 rings (SSSR count). The zero-order valence-corrected chi connectivity index (χ0v) is 24.6. The van der Waals surface area contributed by atoms with Crippen molar-refractivity contribution in [1.82, 2.24) is 14.7 Å².